The van der Waals surface area contributed by atoms with E-state index in [1.165, 1.54) is 5.56 Å². The third-order valence-corrected chi connectivity index (χ3v) is 4.89. The van der Waals surface area contributed by atoms with Crippen LogP contribution in [0.25, 0.3) is 0 Å². The fourth-order valence-electron chi connectivity index (χ4n) is 3.45. The SMILES string of the molecule is CCOc1ccc2c(c1)OC(c1ccc(OCc3ccccc3)cc1O)CC2. The zero-order chi connectivity index (χ0) is 19.3. The van der Waals surface area contributed by atoms with Crippen LogP contribution in [0.3, 0.4) is 0 Å². The molecule has 1 aliphatic rings. The van der Waals surface area contributed by atoms with Crippen molar-refractivity contribution in [2.45, 2.75) is 32.5 Å². The number of phenolic OH excluding ortho intramolecular Hbond substituents is 1. The van der Waals surface area contributed by atoms with E-state index in [1.54, 1.807) is 6.07 Å². The summed E-state index contributed by atoms with van der Waals surface area (Å²) in [7, 11) is 0. The Balaban J connectivity index is 1.46. The number of benzene rings is 3. The molecule has 0 aromatic heterocycles. The largest absolute Gasteiger partial charge is 0.507 e. The van der Waals surface area contributed by atoms with E-state index in [0.29, 0.717) is 19.0 Å². The molecule has 28 heavy (non-hydrogen) atoms. The standard InChI is InChI=1S/C24H24O4/c1-2-26-20-10-8-18-9-13-23(28-24(18)15-20)21-12-11-19(14-22(21)25)27-16-17-6-4-3-5-7-17/h3-8,10-12,14-15,23,25H,2,9,13,16H2,1H3. The third kappa shape index (κ3) is 4.06. The van der Waals surface area contributed by atoms with Gasteiger partial charge < -0.3 is 19.3 Å². The zero-order valence-electron chi connectivity index (χ0n) is 15.9. The fraction of sp³-hybridized carbons (Fsp3) is 0.250. The summed E-state index contributed by atoms with van der Waals surface area (Å²) in [6.07, 6.45) is 1.53. The van der Waals surface area contributed by atoms with Crippen molar-refractivity contribution in [1.82, 2.24) is 0 Å². The summed E-state index contributed by atoms with van der Waals surface area (Å²) in [4.78, 5) is 0. The van der Waals surface area contributed by atoms with E-state index in [0.717, 1.165) is 35.5 Å². The van der Waals surface area contributed by atoms with Crippen LogP contribution in [0.2, 0.25) is 0 Å². The van der Waals surface area contributed by atoms with Gasteiger partial charge in [-0.15, -0.1) is 0 Å². The maximum absolute atomic E-state index is 10.5. The van der Waals surface area contributed by atoms with E-state index in [-0.39, 0.29) is 11.9 Å². The van der Waals surface area contributed by atoms with Gasteiger partial charge in [-0.25, -0.2) is 0 Å². The maximum Gasteiger partial charge on any atom is 0.128 e. The minimum Gasteiger partial charge on any atom is -0.507 e. The molecule has 0 saturated heterocycles. The van der Waals surface area contributed by atoms with Gasteiger partial charge in [-0.3, -0.25) is 0 Å². The summed E-state index contributed by atoms with van der Waals surface area (Å²) in [6.45, 7) is 3.04. The summed E-state index contributed by atoms with van der Waals surface area (Å²) in [5.41, 5.74) is 3.03. The molecule has 0 amide bonds. The number of rotatable bonds is 6. The molecule has 0 spiro atoms. The van der Waals surface area contributed by atoms with Crippen LogP contribution in [0, 0.1) is 0 Å². The average Bonchev–Trinajstić information content (AvgIpc) is 2.73. The van der Waals surface area contributed by atoms with Crippen molar-refractivity contribution in [2.75, 3.05) is 6.61 Å². The van der Waals surface area contributed by atoms with Gasteiger partial charge in [0.2, 0.25) is 0 Å². The quantitative estimate of drug-likeness (QED) is 0.623. The highest BCUT2D eigenvalue weighted by atomic mass is 16.5. The number of phenols is 1. The van der Waals surface area contributed by atoms with E-state index in [9.17, 15) is 5.11 Å². The molecular weight excluding hydrogens is 352 g/mol. The number of hydrogen-bond donors (Lipinski definition) is 1. The summed E-state index contributed by atoms with van der Waals surface area (Å²) >= 11 is 0. The highest BCUT2D eigenvalue weighted by Gasteiger charge is 2.24. The number of aryl methyl sites for hydroxylation is 1. The van der Waals surface area contributed by atoms with Crippen molar-refractivity contribution in [3.63, 3.8) is 0 Å². The zero-order valence-corrected chi connectivity index (χ0v) is 15.9. The maximum atomic E-state index is 10.5. The lowest BCUT2D eigenvalue weighted by Crippen LogP contribution is -2.15. The van der Waals surface area contributed by atoms with Gasteiger partial charge in [0.05, 0.1) is 6.61 Å². The van der Waals surface area contributed by atoms with Gasteiger partial charge in [-0.1, -0.05) is 36.4 Å². The molecule has 3 aromatic carbocycles. The van der Waals surface area contributed by atoms with Crippen LogP contribution in [-0.4, -0.2) is 11.7 Å². The summed E-state index contributed by atoms with van der Waals surface area (Å²) in [5.74, 6) is 2.46. The number of hydrogen-bond acceptors (Lipinski definition) is 4. The van der Waals surface area contributed by atoms with Gasteiger partial charge >= 0.3 is 0 Å². The molecule has 0 bridgehead atoms. The molecule has 1 heterocycles. The Labute approximate surface area is 165 Å². The molecule has 1 atom stereocenters. The number of ether oxygens (including phenoxy) is 3. The first-order valence-corrected chi connectivity index (χ1v) is 9.65. The average molecular weight is 376 g/mol. The summed E-state index contributed by atoms with van der Waals surface area (Å²) in [5, 5.41) is 10.5. The second kappa shape index (κ2) is 8.26. The van der Waals surface area contributed by atoms with Crippen molar-refractivity contribution in [1.29, 1.82) is 0 Å². The Morgan fingerprint density at radius 3 is 2.54 bits per heavy atom. The van der Waals surface area contributed by atoms with Gasteiger partial charge in [0.1, 0.15) is 35.7 Å². The van der Waals surface area contributed by atoms with Crippen LogP contribution in [0.1, 0.15) is 36.1 Å². The first-order chi connectivity index (χ1) is 13.7. The lowest BCUT2D eigenvalue weighted by Gasteiger charge is -2.27. The molecule has 0 radical (unpaired) electrons. The Morgan fingerprint density at radius 2 is 1.75 bits per heavy atom. The lowest BCUT2D eigenvalue weighted by molar-refractivity contribution is 0.171. The highest BCUT2D eigenvalue weighted by Crippen LogP contribution is 2.40. The molecule has 0 aliphatic carbocycles. The van der Waals surface area contributed by atoms with E-state index in [1.807, 2.05) is 61.5 Å². The molecule has 1 N–H and O–H groups in total. The van der Waals surface area contributed by atoms with Crippen LogP contribution >= 0.6 is 0 Å². The second-order valence-electron chi connectivity index (χ2n) is 6.84. The normalized spacial score (nSPS) is 15.4. The van der Waals surface area contributed by atoms with Gasteiger partial charge in [0.15, 0.2) is 0 Å². The molecule has 144 valence electrons. The lowest BCUT2D eigenvalue weighted by atomic mass is 9.96. The van der Waals surface area contributed by atoms with Gasteiger partial charge in [-0.05, 0) is 49.1 Å². The van der Waals surface area contributed by atoms with E-state index in [2.05, 4.69) is 6.07 Å². The Hall–Kier alpha value is -3.14. The van der Waals surface area contributed by atoms with E-state index < -0.39 is 0 Å². The van der Waals surface area contributed by atoms with Crippen molar-refractivity contribution in [2.24, 2.45) is 0 Å². The van der Waals surface area contributed by atoms with E-state index >= 15 is 0 Å². The predicted molar refractivity (Wildman–Crippen MR) is 108 cm³/mol. The summed E-state index contributed by atoms with van der Waals surface area (Å²) < 4.78 is 17.5. The Bertz CT molecular complexity index is 937. The number of aromatic hydroxyl groups is 1. The number of fused-ring (bicyclic) bond motifs is 1. The van der Waals surface area contributed by atoms with Crippen molar-refractivity contribution < 1.29 is 19.3 Å². The molecule has 4 rings (SSSR count). The minimum atomic E-state index is -0.187. The van der Waals surface area contributed by atoms with Gasteiger partial charge in [0.25, 0.3) is 0 Å². The van der Waals surface area contributed by atoms with Crippen molar-refractivity contribution >= 4 is 0 Å². The monoisotopic (exact) mass is 376 g/mol. The molecule has 3 aromatic rings. The van der Waals surface area contributed by atoms with Crippen LogP contribution < -0.4 is 14.2 Å². The second-order valence-corrected chi connectivity index (χ2v) is 6.84. The molecule has 1 aliphatic heterocycles. The first-order valence-electron chi connectivity index (χ1n) is 9.65. The molecule has 1 unspecified atom stereocenters. The Kier molecular flexibility index (Phi) is 5.38. The molecule has 4 nitrogen and oxygen atoms in total. The minimum absolute atomic E-state index is 0.187. The smallest absolute Gasteiger partial charge is 0.128 e. The highest BCUT2D eigenvalue weighted by molar-refractivity contribution is 5.46. The van der Waals surface area contributed by atoms with E-state index in [4.69, 9.17) is 14.2 Å². The van der Waals surface area contributed by atoms with Crippen molar-refractivity contribution in [3.05, 3.63) is 83.4 Å². The van der Waals surface area contributed by atoms with Crippen LogP contribution in [0.15, 0.2) is 66.7 Å². The fourth-order valence-corrected chi connectivity index (χ4v) is 3.45. The molecular formula is C24H24O4. The van der Waals surface area contributed by atoms with Crippen LogP contribution in [-0.2, 0) is 13.0 Å². The third-order valence-electron chi connectivity index (χ3n) is 4.89. The molecule has 4 heteroatoms. The van der Waals surface area contributed by atoms with Crippen molar-refractivity contribution in [3.8, 4) is 23.0 Å². The van der Waals surface area contributed by atoms with Gasteiger partial charge in [-0.2, -0.15) is 0 Å². The Morgan fingerprint density at radius 1 is 0.964 bits per heavy atom. The predicted octanol–water partition coefficient (Wildman–Crippen LogP) is 5.44. The topological polar surface area (TPSA) is 47.9 Å². The van der Waals surface area contributed by atoms with Gasteiger partial charge in [0, 0.05) is 17.7 Å². The summed E-state index contributed by atoms with van der Waals surface area (Å²) in [6, 6.07) is 21.3. The molecule has 0 fully saturated rings. The first kappa shape index (κ1) is 18.2. The van der Waals surface area contributed by atoms with Crippen LogP contribution in [0.4, 0.5) is 0 Å². The van der Waals surface area contributed by atoms with Crippen LogP contribution in [0.5, 0.6) is 23.0 Å². The molecule has 0 saturated carbocycles.